The Labute approximate surface area is 388 Å². The summed E-state index contributed by atoms with van der Waals surface area (Å²) in [6.07, 6.45) is 3.61. The average Bonchev–Trinajstić information content (AvgIpc) is 3.87. The van der Waals surface area contributed by atoms with Gasteiger partial charge in [-0.25, -0.2) is 6.57 Å². The summed E-state index contributed by atoms with van der Waals surface area (Å²) in [5.74, 6) is -2.15. The maximum Gasteiger partial charge on any atom is 0.312 e. The lowest BCUT2D eigenvalue weighted by Crippen LogP contribution is -2.53. The molecule has 354 valence electrons. The molecule has 3 aliphatic rings. The summed E-state index contributed by atoms with van der Waals surface area (Å²) in [5, 5.41) is 18.7. The van der Waals surface area contributed by atoms with Crippen LogP contribution in [0.2, 0.25) is 0 Å². The minimum absolute atomic E-state index is 0.0116. The molecule has 0 radical (unpaired) electrons. The minimum Gasteiger partial charge on any atom is -0.463 e. The standard InChI is InChI=1S/C45H71N5O10S3/c1-13-19-47-33(52)16-17-43(8,46-10)26-42(7,39(56)59-21-20-50-31(5)34-32-15-18-45(60-32,28-57-11)35(34)36(50)53)25-41(6,37(54)49-24-30(4)58-12)27-44(9,38(55)48-23-29(3)51)63-40(61)62-22-14-2/h15,18,29-30,32,34-35,51H,5,13-14,16-17,19-28H2,1-4,6-9,11-12H3,(H,47,52)(H,48,55)(H,49,54). The second-order valence-electron chi connectivity index (χ2n) is 18.3. The van der Waals surface area contributed by atoms with Crippen molar-refractivity contribution in [3.05, 3.63) is 35.8 Å². The van der Waals surface area contributed by atoms with E-state index < -0.39 is 56.5 Å². The lowest BCUT2D eigenvalue weighted by atomic mass is 9.64. The molecule has 18 heteroatoms. The SMILES string of the molecule is [C-]#[N+]C(C)(CCC(=O)NCCC)CC(C)(CC(C)(CC(C)(SC(=S)SCCC)C(=O)NCC(C)O)C(=O)NCC(C)OC)C(=O)OCCN1C(=C)C2C3C=CC(COC)(O3)C2C1=O. The van der Waals surface area contributed by atoms with Crippen molar-refractivity contribution in [2.45, 2.75) is 135 Å². The molecule has 0 saturated carbocycles. The number of nitrogens with one attached hydrogen (secondary N) is 3. The molecule has 2 bridgehead atoms. The zero-order valence-corrected chi connectivity index (χ0v) is 41.3. The number of thioether (sulfide) groups is 2. The first-order valence-electron chi connectivity index (χ1n) is 21.8. The molecular formula is C45H71N5O10S3. The van der Waals surface area contributed by atoms with Gasteiger partial charge in [-0.1, -0.05) is 63.5 Å². The van der Waals surface area contributed by atoms with Crippen LogP contribution in [-0.4, -0.2) is 137 Å². The van der Waals surface area contributed by atoms with Crippen LogP contribution < -0.4 is 16.0 Å². The summed E-state index contributed by atoms with van der Waals surface area (Å²) in [6.45, 7) is 27.2. The van der Waals surface area contributed by atoms with Gasteiger partial charge in [0.1, 0.15) is 15.7 Å². The Hall–Kier alpha value is -3.05. The number of thiocarbonyl (C=S) groups is 1. The van der Waals surface area contributed by atoms with E-state index in [0.717, 1.165) is 30.4 Å². The Kier molecular flexibility index (Phi) is 20.2. The molecule has 3 heterocycles. The normalized spacial score (nSPS) is 24.8. The van der Waals surface area contributed by atoms with Crippen molar-refractivity contribution in [1.82, 2.24) is 20.9 Å². The van der Waals surface area contributed by atoms with E-state index in [0.29, 0.717) is 15.8 Å². The Balaban J connectivity index is 2.06. The molecule has 0 aromatic heterocycles. The third kappa shape index (κ3) is 13.7. The monoisotopic (exact) mass is 937 g/mol. The Bertz CT molecular complexity index is 1760. The fraction of sp³-hybridized carbons (Fsp3) is 0.756. The van der Waals surface area contributed by atoms with E-state index in [1.54, 1.807) is 48.7 Å². The number of esters is 1. The highest BCUT2D eigenvalue weighted by Crippen LogP contribution is 2.55. The Morgan fingerprint density at radius 2 is 1.73 bits per heavy atom. The quantitative estimate of drug-likeness (QED) is 0.0365. The predicted octanol–water partition coefficient (Wildman–Crippen LogP) is 5.21. The molecule has 63 heavy (non-hydrogen) atoms. The first-order valence-corrected chi connectivity index (χ1v) is 24.0. The number of likely N-dealkylation sites (tertiary alicyclic amines) is 1. The summed E-state index contributed by atoms with van der Waals surface area (Å²) >= 11 is 8.33. The molecule has 3 aliphatic heterocycles. The van der Waals surface area contributed by atoms with Crippen LogP contribution in [0.4, 0.5) is 0 Å². The minimum atomic E-state index is -1.56. The van der Waals surface area contributed by atoms with Gasteiger partial charge in [0.15, 0.2) is 0 Å². The van der Waals surface area contributed by atoms with E-state index in [1.807, 2.05) is 26.0 Å². The molecule has 2 fully saturated rings. The number of ether oxygens (including phenoxy) is 4. The zero-order valence-electron chi connectivity index (χ0n) is 38.9. The van der Waals surface area contributed by atoms with Gasteiger partial charge >= 0.3 is 5.97 Å². The van der Waals surface area contributed by atoms with Crippen molar-refractivity contribution in [2.24, 2.45) is 22.7 Å². The van der Waals surface area contributed by atoms with Crippen LogP contribution in [0.1, 0.15) is 100 Å². The van der Waals surface area contributed by atoms with Crippen LogP contribution in [0.25, 0.3) is 4.85 Å². The molecule has 4 N–H and O–H groups in total. The van der Waals surface area contributed by atoms with Crippen LogP contribution >= 0.6 is 35.7 Å². The zero-order chi connectivity index (χ0) is 47.4. The second-order valence-corrected chi connectivity index (χ2v) is 22.1. The number of aliphatic hydroxyl groups is 1. The molecule has 0 spiro atoms. The van der Waals surface area contributed by atoms with Crippen molar-refractivity contribution in [2.75, 3.05) is 59.4 Å². The third-order valence-corrected chi connectivity index (χ3v) is 15.1. The largest absolute Gasteiger partial charge is 0.463 e. The van der Waals surface area contributed by atoms with Gasteiger partial charge in [0, 0.05) is 77.1 Å². The summed E-state index contributed by atoms with van der Waals surface area (Å²) in [4.78, 5) is 76.0. The van der Waals surface area contributed by atoms with E-state index in [1.165, 1.54) is 23.8 Å². The molecule has 2 saturated heterocycles. The van der Waals surface area contributed by atoms with Crippen molar-refractivity contribution in [1.29, 1.82) is 0 Å². The number of carbonyl (C=O) groups is 5. The molecule has 0 aliphatic carbocycles. The first-order chi connectivity index (χ1) is 29.5. The Morgan fingerprint density at radius 3 is 2.33 bits per heavy atom. The molecule has 4 amide bonds. The molecule has 0 aromatic rings. The fourth-order valence-corrected chi connectivity index (χ4v) is 12.2. The number of rotatable bonds is 27. The van der Waals surface area contributed by atoms with Crippen molar-refractivity contribution in [3.8, 4) is 0 Å². The van der Waals surface area contributed by atoms with Gasteiger partial charge in [0.25, 0.3) is 0 Å². The lowest BCUT2D eigenvalue weighted by Gasteiger charge is -2.42. The summed E-state index contributed by atoms with van der Waals surface area (Å²) in [6, 6.07) is 0. The van der Waals surface area contributed by atoms with Crippen LogP contribution in [0.5, 0.6) is 0 Å². The molecule has 15 nitrogen and oxygen atoms in total. The topological polar surface area (TPSA) is 186 Å². The number of hydrogen-bond donors (Lipinski definition) is 4. The van der Waals surface area contributed by atoms with Gasteiger partial charge in [-0.2, -0.15) is 0 Å². The smallest absolute Gasteiger partial charge is 0.312 e. The van der Waals surface area contributed by atoms with Gasteiger partial charge in [0.05, 0.1) is 47.5 Å². The molecule has 10 unspecified atom stereocenters. The summed E-state index contributed by atoms with van der Waals surface area (Å²) < 4.78 is 22.3. The van der Waals surface area contributed by atoms with E-state index in [2.05, 4.69) is 27.4 Å². The van der Waals surface area contributed by atoms with Crippen molar-refractivity contribution >= 4 is 68.9 Å². The van der Waals surface area contributed by atoms with Gasteiger partial charge in [-0.3, -0.25) is 24.0 Å². The van der Waals surface area contributed by atoms with Gasteiger partial charge in [-0.15, -0.1) is 11.8 Å². The van der Waals surface area contributed by atoms with Crippen LogP contribution in [0.15, 0.2) is 24.4 Å². The van der Waals surface area contributed by atoms with Crippen LogP contribution in [0.3, 0.4) is 0 Å². The van der Waals surface area contributed by atoms with E-state index in [4.69, 9.17) is 37.7 Å². The van der Waals surface area contributed by atoms with Gasteiger partial charge in [0.2, 0.25) is 29.2 Å². The molecule has 3 rings (SSSR count). The number of nitrogens with zero attached hydrogens (tertiary/aromatic N) is 2. The predicted molar refractivity (Wildman–Crippen MR) is 251 cm³/mol. The summed E-state index contributed by atoms with van der Waals surface area (Å²) in [5.41, 5.74) is -4.65. The number of hydrogen-bond acceptors (Lipinski definition) is 13. The number of fused-ring (bicyclic) bond motifs is 5. The van der Waals surface area contributed by atoms with Crippen molar-refractivity contribution in [3.63, 3.8) is 0 Å². The van der Waals surface area contributed by atoms with Crippen LogP contribution in [0, 0.1) is 29.2 Å². The van der Waals surface area contributed by atoms with Crippen molar-refractivity contribution < 1.29 is 48.0 Å². The van der Waals surface area contributed by atoms with Gasteiger partial charge in [-0.05, 0) is 59.1 Å². The highest BCUT2D eigenvalue weighted by Gasteiger charge is 2.65. The Morgan fingerprint density at radius 1 is 1.05 bits per heavy atom. The highest BCUT2D eigenvalue weighted by atomic mass is 32.2. The molecule has 0 aromatic carbocycles. The number of carbonyl (C=O) groups excluding carboxylic acids is 5. The number of amides is 4. The second kappa shape index (κ2) is 23.4. The number of aliphatic hydroxyl groups excluding tert-OH is 1. The maximum atomic E-state index is 14.8. The van der Waals surface area contributed by atoms with E-state index in [9.17, 15) is 29.1 Å². The van der Waals surface area contributed by atoms with Gasteiger partial charge < -0.3 is 49.7 Å². The highest BCUT2D eigenvalue weighted by molar-refractivity contribution is 8.47. The third-order valence-electron chi connectivity index (χ3n) is 12.1. The molecular weight excluding hydrogens is 867 g/mol. The van der Waals surface area contributed by atoms with E-state index in [-0.39, 0.29) is 94.9 Å². The first kappa shape index (κ1) is 54.3. The molecule has 10 atom stereocenters. The summed E-state index contributed by atoms with van der Waals surface area (Å²) in [7, 11) is 3.08. The lowest BCUT2D eigenvalue weighted by molar-refractivity contribution is -0.161. The van der Waals surface area contributed by atoms with Crippen LogP contribution in [-0.2, 0) is 42.9 Å². The maximum absolute atomic E-state index is 14.8. The average molecular weight is 938 g/mol. The number of methoxy groups -OCH3 is 2. The fourth-order valence-electron chi connectivity index (χ4n) is 9.06. The van der Waals surface area contributed by atoms with E-state index >= 15 is 0 Å².